The van der Waals surface area contributed by atoms with Crippen molar-refractivity contribution in [2.45, 2.75) is 26.4 Å². The van der Waals surface area contributed by atoms with Crippen LogP contribution < -0.4 is 10.2 Å². The zero-order valence-corrected chi connectivity index (χ0v) is 14.6. The van der Waals surface area contributed by atoms with Crippen molar-refractivity contribution in [1.29, 1.82) is 0 Å². The van der Waals surface area contributed by atoms with Crippen molar-refractivity contribution in [1.82, 2.24) is 15.5 Å². The molecule has 0 fully saturated rings. The minimum Gasteiger partial charge on any atom is -0.367 e. The van der Waals surface area contributed by atoms with E-state index < -0.39 is 0 Å². The highest BCUT2D eigenvalue weighted by molar-refractivity contribution is 5.67. The molecule has 3 aromatic rings. The molecule has 0 aliphatic carbocycles. The molecule has 128 valence electrons. The highest BCUT2D eigenvalue weighted by atomic mass is 15.1. The number of hydrogen-bond donors (Lipinski definition) is 2. The number of fused-ring (bicyclic) bond motifs is 1. The SMILES string of the molecule is CCN(Cc1ccccc1)c1ccc(-c2n[nH]c3c2CNCC3)cc1. The molecule has 2 N–H and O–H groups in total. The third-order valence-electron chi connectivity index (χ3n) is 4.91. The number of nitrogens with zero attached hydrogens (tertiary/aromatic N) is 2. The van der Waals surface area contributed by atoms with E-state index >= 15 is 0 Å². The molecule has 2 heterocycles. The average Bonchev–Trinajstić information content (AvgIpc) is 3.11. The monoisotopic (exact) mass is 332 g/mol. The summed E-state index contributed by atoms with van der Waals surface area (Å²) in [6.07, 6.45) is 1.03. The fourth-order valence-corrected chi connectivity index (χ4v) is 3.48. The molecular weight excluding hydrogens is 308 g/mol. The Morgan fingerprint density at radius 2 is 1.84 bits per heavy atom. The van der Waals surface area contributed by atoms with E-state index in [0.29, 0.717) is 0 Å². The molecule has 4 nitrogen and oxygen atoms in total. The summed E-state index contributed by atoms with van der Waals surface area (Å²) in [5, 5.41) is 11.2. The van der Waals surface area contributed by atoms with E-state index in [1.807, 2.05) is 0 Å². The second-order valence-electron chi connectivity index (χ2n) is 6.50. The van der Waals surface area contributed by atoms with Crippen molar-refractivity contribution < 1.29 is 0 Å². The lowest BCUT2D eigenvalue weighted by Crippen LogP contribution is -2.23. The van der Waals surface area contributed by atoms with E-state index in [1.54, 1.807) is 0 Å². The molecule has 0 saturated carbocycles. The maximum absolute atomic E-state index is 4.55. The van der Waals surface area contributed by atoms with Crippen molar-refractivity contribution in [3.05, 3.63) is 71.4 Å². The van der Waals surface area contributed by atoms with Gasteiger partial charge in [-0.25, -0.2) is 0 Å². The van der Waals surface area contributed by atoms with Crippen molar-refractivity contribution in [2.75, 3.05) is 18.0 Å². The van der Waals surface area contributed by atoms with E-state index in [0.717, 1.165) is 38.3 Å². The Morgan fingerprint density at radius 1 is 1.04 bits per heavy atom. The highest BCUT2D eigenvalue weighted by Gasteiger charge is 2.17. The number of hydrogen-bond acceptors (Lipinski definition) is 3. The summed E-state index contributed by atoms with van der Waals surface area (Å²) in [5.74, 6) is 0. The molecule has 0 unspecified atom stereocenters. The van der Waals surface area contributed by atoms with Crippen molar-refractivity contribution in [3.63, 3.8) is 0 Å². The Hall–Kier alpha value is -2.59. The van der Waals surface area contributed by atoms with Crippen molar-refractivity contribution in [3.8, 4) is 11.3 Å². The van der Waals surface area contributed by atoms with Crippen LogP contribution in [-0.2, 0) is 19.5 Å². The lowest BCUT2D eigenvalue weighted by molar-refractivity contribution is 0.637. The van der Waals surface area contributed by atoms with Gasteiger partial charge in [0.15, 0.2) is 0 Å². The molecule has 0 saturated heterocycles. The Labute approximate surface area is 148 Å². The first-order valence-electron chi connectivity index (χ1n) is 9.01. The molecule has 1 aliphatic heterocycles. The smallest absolute Gasteiger partial charge is 0.0968 e. The summed E-state index contributed by atoms with van der Waals surface area (Å²) in [4.78, 5) is 2.39. The number of aromatic nitrogens is 2. The minimum atomic E-state index is 0.901. The Bertz CT molecular complexity index is 821. The van der Waals surface area contributed by atoms with Gasteiger partial charge in [0.05, 0.1) is 5.69 Å². The summed E-state index contributed by atoms with van der Waals surface area (Å²) in [6, 6.07) is 19.4. The van der Waals surface area contributed by atoms with Gasteiger partial charge in [-0.3, -0.25) is 5.10 Å². The second kappa shape index (κ2) is 7.11. The second-order valence-corrected chi connectivity index (χ2v) is 6.50. The molecule has 4 rings (SSSR count). The first kappa shape index (κ1) is 15.9. The maximum atomic E-state index is 4.55. The number of anilines is 1. The van der Waals surface area contributed by atoms with Gasteiger partial charge in [-0.2, -0.15) is 5.10 Å². The van der Waals surface area contributed by atoms with E-state index in [1.165, 1.54) is 28.1 Å². The molecular formula is C21H24N4. The van der Waals surface area contributed by atoms with Crippen LogP contribution >= 0.6 is 0 Å². The van der Waals surface area contributed by atoms with Crippen LogP contribution in [0.2, 0.25) is 0 Å². The van der Waals surface area contributed by atoms with Gasteiger partial charge in [0.25, 0.3) is 0 Å². The molecule has 1 aromatic heterocycles. The number of rotatable bonds is 5. The summed E-state index contributed by atoms with van der Waals surface area (Å²) >= 11 is 0. The van der Waals surface area contributed by atoms with Crippen LogP contribution in [0, 0.1) is 0 Å². The topological polar surface area (TPSA) is 44.0 Å². The summed E-state index contributed by atoms with van der Waals surface area (Å²) in [5.41, 5.74) is 7.44. The molecule has 0 spiro atoms. The quantitative estimate of drug-likeness (QED) is 0.748. The van der Waals surface area contributed by atoms with Gasteiger partial charge in [0.2, 0.25) is 0 Å². The summed E-state index contributed by atoms with van der Waals surface area (Å²) in [7, 11) is 0. The molecule has 4 heteroatoms. The molecule has 25 heavy (non-hydrogen) atoms. The lowest BCUT2D eigenvalue weighted by atomic mass is 10.0. The Kier molecular flexibility index (Phi) is 4.53. The Balaban J connectivity index is 1.56. The average molecular weight is 332 g/mol. The van der Waals surface area contributed by atoms with Crippen LogP contribution in [0.25, 0.3) is 11.3 Å². The van der Waals surface area contributed by atoms with E-state index in [-0.39, 0.29) is 0 Å². The van der Waals surface area contributed by atoms with Gasteiger partial charge in [-0.15, -0.1) is 0 Å². The normalized spacial score (nSPS) is 13.5. The lowest BCUT2D eigenvalue weighted by Gasteiger charge is -2.23. The molecule has 0 atom stereocenters. The number of H-pyrrole nitrogens is 1. The van der Waals surface area contributed by atoms with Gasteiger partial charge >= 0.3 is 0 Å². The van der Waals surface area contributed by atoms with Gasteiger partial charge in [-0.05, 0) is 24.6 Å². The third kappa shape index (κ3) is 3.30. The van der Waals surface area contributed by atoms with E-state index in [9.17, 15) is 0 Å². The summed E-state index contributed by atoms with van der Waals surface area (Å²) < 4.78 is 0. The van der Waals surface area contributed by atoms with Crippen LogP contribution in [0.5, 0.6) is 0 Å². The highest BCUT2D eigenvalue weighted by Crippen LogP contribution is 2.28. The predicted molar refractivity (Wildman–Crippen MR) is 103 cm³/mol. The zero-order valence-electron chi connectivity index (χ0n) is 14.6. The van der Waals surface area contributed by atoms with Crippen LogP contribution in [0.4, 0.5) is 5.69 Å². The van der Waals surface area contributed by atoms with Crippen molar-refractivity contribution in [2.24, 2.45) is 0 Å². The van der Waals surface area contributed by atoms with E-state index in [4.69, 9.17) is 0 Å². The first-order valence-corrected chi connectivity index (χ1v) is 9.01. The minimum absolute atomic E-state index is 0.901. The molecule has 2 aromatic carbocycles. The number of aromatic amines is 1. The van der Waals surface area contributed by atoms with Crippen LogP contribution in [0.1, 0.15) is 23.7 Å². The first-order chi connectivity index (χ1) is 12.3. The standard InChI is InChI=1S/C21H24N4/c1-2-25(15-16-6-4-3-5-7-16)18-10-8-17(9-11-18)21-19-14-22-13-12-20(19)23-24-21/h3-11,22H,2,12-15H2,1H3,(H,23,24). The van der Waals surface area contributed by atoms with Gasteiger partial charge in [0.1, 0.15) is 0 Å². The summed E-state index contributed by atoms with van der Waals surface area (Å²) in [6.45, 7) is 6.04. The van der Waals surface area contributed by atoms with Gasteiger partial charge in [-0.1, -0.05) is 42.5 Å². The fourth-order valence-electron chi connectivity index (χ4n) is 3.48. The van der Waals surface area contributed by atoms with Gasteiger partial charge in [0, 0.05) is 55.1 Å². The van der Waals surface area contributed by atoms with Crippen LogP contribution in [0.15, 0.2) is 54.6 Å². The molecule has 0 amide bonds. The number of nitrogens with one attached hydrogen (secondary N) is 2. The van der Waals surface area contributed by atoms with Crippen LogP contribution in [-0.4, -0.2) is 23.3 Å². The third-order valence-corrected chi connectivity index (χ3v) is 4.91. The molecule has 1 aliphatic rings. The fraction of sp³-hybridized carbons (Fsp3) is 0.286. The Morgan fingerprint density at radius 3 is 2.60 bits per heavy atom. The van der Waals surface area contributed by atoms with Crippen molar-refractivity contribution >= 4 is 5.69 Å². The molecule has 0 radical (unpaired) electrons. The predicted octanol–water partition coefficient (Wildman–Crippen LogP) is 3.75. The number of benzene rings is 2. The largest absolute Gasteiger partial charge is 0.367 e. The maximum Gasteiger partial charge on any atom is 0.0968 e. The van der Waals surface area contributed by atoms with Gasteiger partial charge < -0.3 is 10.2 Å². The molecule has 0 bridgehead atoms. The zero-order chi connectivity index (χ0) is 17.1. The van der Waals surface area contributed by atoms with E-state index in [2.05, 4.69) is 81.9 Å². The van der Waals surface area contributed by atoms with Crippen LogP contribution in [0.3, 0.4) is 0 Å².